The number of benzene rings is 1. The van der Waals surface area contributed by atoms with E-state index in [1.54, 1.807) is 6.07 Å². The van der Waals surface area contributed by atoms with Crippen LogP contribution in [-0.2, 0) is 10.8 Å². The highest BCUT2D eigenvalue weighted by Gasteiger charge is 2.37. The summed E-state index contributed by atoms with van der Waals surface area (Å²) in [7, 11) is -0.303. The number of phenols is 1. The van der Waals surface area contributed by atoms with Gasteiger partial charge in [0.2, 0.25) is 0 Å². The lowest BCUT2D eigenvalue weighted by atomic mass is 10.1. The maximum atomic E-state index is 10.1. The van der Waals surface area contributed by atoms with Crippen LogP contribution in [0.25, 0.3) is 0 Å². The van der Waals surface area contributed by atoms with Gasteiger partial charge in [-0.15, -0.1) is 0 Å². The van der Waals surface area contributed by atoms with E-state index in [0.29, 0.717) is 25.2 Å². The molecule has 0 aliphatic rings. The third kappa shape index (κ3) is 5.00. The predicted octanol–water partition coefficient (Wildman–Crippen LogP) is 3.72. The summed E-state index contributed by atoms with van der Waals surface area (Å²) >= 11 is 0. The maximum absolute atomic E-state index is 10.1. The number of para-hydroxylation sites is 1. The van der Waals surface area contributed by atoms with E-state index < -0.39 is 14.4 Å². The molecule has 22 heavy (non-hydrogen) atoms. The summed E-state index contributed by atoms with van der Waals surface area (Å²) in [6.45, 7) is 11.2. The van der Waals surface area contributed by atoms with Crippen molar-refractivity contribution in [2.45, 2.75) is 57.8 Å². The highest BCUT2D eigenvalue weighted by molar-refractivity contribution is 6.74. The molecule has 2 N–H and O–H groups in total. The zero-order valence-electron chi connectivity index (χ0n) is 14.6. The molecule has 1 atom stereocenters. The first kappa shape index (κ1) is 19.0. The molecule has 1 rings (SSSR count). The van der Waals surface area contributed by atoms with Crippen LogP contribution in [0.2, 0.25) is 18.1 Å². The number of aliphatic hydroxyl groups is 1. The van der Waals surface area contributed by atoms with Crippen LogP contribution in [0.1, 0.15) is 32.8 Å². The van der Waals surface area contributed by atoms with Crippen LogP contribution < -0.4 is 4.74 Å². The predicted molar refractivity (Wildman–Crippen MR) is 92.1 cm³/mol. The average Bonchev–Trinajstić information content (AvgIpc) is 2.43. The zero-order valence-corrected chi connectivity index (χ0v) is 15.6. The maximum Gasteiger partial charge on any atom is 0.192 e. The van der Waals surface area contributed by atoms with Gasteiger partial charge in [0.1, 0.15) is 0 Å². The van der Waals surface area contributed by atoms with Crippen LogP contribution in [0.4, 0.5) is 0 Å². The van der Waals surface area contributed by atoms with Crippen LogP contribution in [0, 0.1) is 0 Å². The number of ether oxygens (including phenoxy) is 1. The van der Waals surface area contributed by atoms with Crippen molar-refractivity contribution < 1.29 is 19.4 Å². The Morgan fingerprint density at radius 1 is 1.23 bits per heavy atom. The highest BCUT2D eigenvalue weighted by Crippen LogP contribution is 2.36. The average molecular weight is 327 g/mol. The van der Waals surface area contributed by atoms with Gasteiger partial charge in [-0.1, -0.05) is 32.9 Å². The Morgan fingerprint density at radius 2 is 1.86 bits per heavy atom. The molecule has 1 aromatic rings. The van der Waals surface area contributed by atoms with E-state index in [-0.39, 0.29) is 10.8 Å². The van der Waals surface area contributed by atoms with Crippen molar-refractivity contribution in [3.8, 4) is 11.5 Å². The van der Waals surface area contributed by atoms with Crippen LogP contribution in [-0.4, -0.2) is 38.4 Å². The summed E-state index contributed by atoms with van der Waals surface area (Å²) < 4.78 is 11.1. The first-order valence-corrected chi connectivity index (χ1v) is 10.7. The number of aromatic hydroxyl groups is 1. The van der Waals surface area contributed by atoms with Crippen molar-refractivity contribution in [3.05, 3.63) is 23.8 Å². The summed E-state index contributed by atoms with van der Waals surface area (Å²) in [5.74, 6) is 0.618. The van der Waals surface area contributed by atoms with E-state index in [0.717, 1.165) is 5.56 Å². The lowest BCUT2D eigenvalue weighted by Crippen LogP contribution is -2.42. The molecule has 126 valence electrons. The van der Waals surface area contributed by atoms with Gasteiger partial charge in [-0.2, -0.15) is 0 Å². The fourth-order valence-corrected chi connectivity index (χ4v) is 2.90. The van der Waals surface area contributed by atoms with E-state index in [4.69, 9.17) is 9.16 Å². The summed E-state index contributed by atoms with van der Waals surface area (Å²) in [5.41, 5.74) is 0.783. The molecule has 0 spiro atoms. The zero-order chi connectivity index (χ0) is 17.0. The van der Waals surface area contributed by atoms with Gasteiger partial charge in [0.25, 0.3) is 0 Å². The third-order valence-electron chi connectivity index (χ3n) is 4.49. The molecule has 5 heteroatoms. The highest BCUT2D eigenvalue weighted by atomic mass is 28.4. The monoisotopic (exact) mass is 326 g/mol. The second-order valence-corrected chi connectivity index (χ2v) is 12.0. The van der Waals surface area contributed by atoms with Crippen LogP contribution >= 0.6 is 0 Å². The quantitative estimate of drug-likeness (QED) is 0.750. The van der Waals surface area contributed by atoms with E-state index in [1.165, 1.54) is 7.11 Å². The second-order valence-electron chi connectivity index (χ2n) is 7.23. The summed E-state index contributed by atoms with van der Waals surface area (Å²) in [5, 5.41) is 20.3. The Balaban J connectivity index is 2.52. The molecule has 0 amide bonds. The molecule has 0 aromatic heterocycles. The molecule has 0 saturated heterocycles. The Labute approximate surface area is 135 Å². The van der Waals surface area contributed by atoms with Gasteiger partial charge in [0.15, 0.2) is 19.8 Å². The topological polar surface area (TPSA) is 58.9 Å². The van der Waals surface area contributed by atoms with Gasteiger partial charge in [-0.25, -0.2) is 0 Å². The molecular weight excluding hydrogens is 296 g/mol. The Kier molecular flexibility index (Phi) is 6.46. The van der Waals surface area contributed by atoms with Gasteiger partial charge in [-0.05, 0) is 42.6 Å². The van der Waals surface area contributed by atoms with Gasteiger partial charge < -0.3 is 19.4 Å². The number of phenolic OH excluding ortho intramolecular Hbond substituents is 1. The van der Waals surface area contributed by atoms with Crippen molar-refractivity contribution in [3.63, 3.8) is 0 Å². The molecule has 0 heterocycles. The number of aliphatic hydroxyl groups excluding tert-OH is 1. The number of rotatable bonds is 7. The Morgan fingerprint density at radius 3 is 2.41 bits per heavy atom. The number of aryl methyl sites for hydroxylation is 1. The number of hydrogen-bond donors (Lipinski definition) is 2. The molecule has 1 unspecified atom stereocenters. The van der Waals surface area contributed by atoms with Gasteiger partial charge >= 0.3 is 0 Å². The second kappa shape index (κ2) is 7.48. The van der Waals surface area contributed by atoms with Crippen molar-refractivity contribution >= 4 is 8.32 Å². The Bertz CT molecular complexity index is 480. The minimum Gasteiger partial charge on any atom is -0.504 e. The molecule has 1 aromatic carbocycles. The fraction of sp³-hybridized carbons (Fsp3) is 0.647. The largest absolute Gasteiger partial charge is 0.504 e. The SMILES string of the molecule is COc1cccc(CCC(O)CO[Si](C)(C)C(C)(C)C)c1O. The van der Waals surface area contributed by atoms with Crippen molar-refractivity contribution in [2.75, 3.05) is 13.7 Å². The summed E-state index contributed by atoms with van der Waals surface area (Å²) in [6.07, 6.45) is 0.611. The minimum absolute atomic E-state index is 0.137. The Hall–Kier alpha value is -1.04. The molecule has 0 saturated carbocycles. The fourth-order valence-electron chi connectivity index (χ4n) is 1.86. The van der Waals surface area contributed by atoms with Gasteiger partial charge in [0, 0.05) is 0 Å². The normalized spacial score (nSPS) is 14.0. The summed E-state index contributed by atoms with van der Waals surface area (Å²) in [4.78, 5) is 0. The standard InChI is InChI=1S/C17H30O4Si/c1-17(2,3)22(5,6)21-12-14(18)11-10-13-8-7-9-15(20-4)16(13)19/h7-9,14,18-19H,10-12H2,1-6H3. The molecule has 0 aliphatic carbocycles. The molecular formula is C17H30O4Si. The lowest BCUT2D eigenvalue weighted by molar-refractivity contribution is 0.0930. The van der Waals surface area contributed by atoms with Crippen LogP contribution in [0.15, 0.2) is 18.2 Å². The van der Waals surface area contributed by atoms with E-state index in [1.807, 2.05) is 12.1 Å². The molecule has 0 fully saturated rings. The number of hydrogen-bond acceptors (Lipinski definition) is 4. The van der Waals surface area contributed by atoms with Crippen LogP contribution in [0.3, 0.4) is 0 Å². The number of methoxy groups -OCH3 is 1. The smallest absolute Gasteiger partial charge is 0.192 e. The van der Waals surface area contributed by atoms with E-state index in [2.05, 4.69) is 33.9 Å². The van der Waals surface area contributed by atoms with E-state index in [9.17, 15) is 10.2 Å². The molecule has 0 bridgehead atoms. The third-order valence-corrected chi connectivity index (χ3v) is 8.99. The van der Waals surface area contributed by atoms with Crippen molar-refractivity contribution in [1.82, 2.24) is 0 Å². The van der Waals surface area contributed by atoms with Crippen molar-refractivity contribution in [2.24, 2.45) is 0 Å². The lowest BCUT2D eigenvalue weighted by Gasteiger charge is -2.36. The van der Waals surface area contributed by atoms with Crippen LogP contribution in [0.5, 0.6) is 11.5 Å². The molecule has 0 radical (unpaired) electrons. The molecule has 0 aliphatic heterocycles. The van der Waals surface area contributed by atoms with E-state index >= 15 is 0 Å². The first-order valence-electron chi connectivity index (χ1n) is 7.75. The summed E-state index contributed by atoms with van der Waals surface area (Å²) in [6, 6.07) is 5.40. The van der Waals surface area contributed by atoms with Gasteiger partial charge in [0.05, 0.1) is 19.8 Å². The first-order chi connectivity index (χ1) is 10.1. The molecule has 4 nitrogen and oxygen atoms in total. The van der Waals surface area contributed by atoms with Crippen molar-refractivity contribution in [1.29, 1.82) is 0 Å². The minimum atomic E-state index is -1.83. The van der Waals surface area contributed by atoms with Gasteiger partial charge in [-0.3, -0.25) is 0 Å².